The molecular weight excluding hydrogens is 212 g/mol. The highest BCUT2D eigenvalue weighted by Gasteiger charge is 2.05. The largest absolute Gasteiger partial charge is 0.398 e. The molecule has 2 aromatic heterocycles. The molecule has 2 rings (SSSR count). The van der Waals surface area contributed by atoms with Gasteiger partial charge in [0.1, 0.15) is 0 Å². The maximum atomic E-state index is 5.91. The maximum absolute atomic E-state index is 5.91. The number of pyridine rings is 1. The number of anilines is 1. The van der Waals surface area contributed by atoms with Crippen LogP contribution in [-0.4, -0.2) is 14.8 Å². The summed E-state index contributed by atoms with van der Waals surface area (Å²) in [6.45, 7) is 3.75. The SMILES string of the molecule is Cc1cnc(-n2cc(Cl)c(C)n2)cc1N. The average molecular weight is 223 g/mol. The second-order valence-corrected chi connectivity index (χ2v) is 3.81. The number of nitrogens with two attached hydrogens (primary N) is 1. The van der Waals surface area contributed by atoms with E-state index in [1.54, 1.807) is 23.1 Å². The zero-order chi connectivity index (χ0) is 11.0. The lowest BCUT2D eigenvalue weighted by atomic mass is 10.2. The molecule has 2 aromatic rings. The molecule has 0 bridgehead atoms. The van der Waals surface area contributed by atoms with Crippen molar-refractivity contribution >= 4 is 17.3 Å². The van der Waals surface area contributed by atoms with Gasteiger partial charge < -0.3 is 5.73 Å². The summed E-state index contributed by atoms with van der Waals surface area (Å²) >= 11 is 5.91. The van der Waals surface area contributed by atoms with Gasteiger partial charge in [-0.15, -0.1) is 0 Å². The van der Waals surface area contributed by atoms with Crippen LogP contribution in [0.25, 0.3) is 5.82 Å². The molecule has 0 atom stereocenters. The molecule has 5 heteroatoms. The molecule has 0 fully saturated rings. The number of nitrogens with zero attached hydrogens (tertiary/aromatic N) is 3. The van der Waals surface area contributed by atoms with Crippen LogP contribution < -0.4 is 5.73 Å². The third-order valence-corrected chi connectivity index (χ3v) is 2.58. The Balaban J connectivity index is 2.49. The molecule has 0 unspecified atom stereocenters. The van der Waals surface area contributed by atoms with E-state index in [-0.39, 0.29) is 0 Å². The predicted molar refractivity (Wildman–Crippen MR) is 60.3 cm³/mol. The molecule has 0 aliphatic heterocycles. The Kier molecular flexibility index (Phi) is 2.36. The fraction of sp³-hybridized carbons (Fsp3) is 0.200. The van der Waals surface area contributed by atoms with Gasteiger partial charge in [-0.05, 0) is 19.4 Å². The monoisotopic (exact) mass is 222 g/mol. The van der Waals surface area contributed by atoms with E-state index in [1.165, 1.54) is 0 Å². The highest BCUT2D eigenvalue weighted by Crippen LogP contribution is 2.17. The first-order valence-corrected chi connectivity index (χ1v) is 4.90. The van der Waals surface area contributed by atoms with E-state index in [0.29, 0.717) is 16.5 Å². The van der Waals surface area contributed by atoms with E-state index >= 15 is 0 Å². The first kappa shape index (κ1) is 9.98. The fourth-order valence-corrected chi connectivity index (χ4v) is 1.34. The lowest BCUT2D eigenvalue weighted by Crippen LogP contribution is -2.01. The van der Waals surface area contributed by atoms with Gasteiger partial charge in [0.15, 0.2) is 5.82 Å². The van der Waals surface area contributed by atoms with Crippen LogP contribution in [0.3, 0.4) is 0 Å². The second kappa shape index (κ2) is 3.55. The Morgan fingerprint density at radius 2 is 2.13 bits per heavy atom. The normalized spacial score (nSPS) is 10.6. The molecule has 78 valence electrons. The van der Waals surface area contributed by atoms with Crippen molar-refractivity contribution in [2.75, 3.05) is 5.73 Å². The first-order chi connectivity index (χ1) is 7.08. The van der Waals surface area contributed by atoms with Gasteiger partial charge in [-0.3, -0.25) is 0 Å². The zero-order valence-corrected chi connectivity index (χ0v) is 9.28. The molecule has 0 aliphatic rings. The standard InChI is InChI=1S/C10H11ClN4/c1-6-4-13-10(3-9(6)12)15-5-8(11)7(2)14-15/h3-5H,1-2H3,(H2,12,13). The Bertz CT molecular complexity index is 485. The van der Waals surface area contributed by atoms with Gasteiger partial charge in [0.05, 0.1) is 16.9 Å². The third-order valence-electron chi connectivity index (χ3n) is 2.20. The van der Waals surface area contributed by atoms with Crippen LogP contribution in [0.5, 0.6) is 0 Å². The van der Waals surface area contributed by atoms with Crippen molar-refractivity contribution in [2.24, 2.45) is 0 Å². The molecule has 0 radical (unpaired) electrons. The van der Waals surface area contributed by atoms with Crippen molar-refractivity contribution in [1.29, 1.82) is 0 Å². The van der Waals surface area contributed by atoms with E-state index < -0.39 is 0 Å². The smallest absolute Gasteiger partial charge is 0.155 e. The van der Waals surface area contributed by atoms with Gasteiger partial charge in [0.25, 0.3) is 0 Å². The third kappa shape index (κ3) is 1.80. The minimum Gasteiger partial charge on any atom is -0.398 e. The minimum absolute atomic E-state index is 0.621. The molecule has 15 heavy (non-hydrogen) atoms. The van der Waals surface area contributed by atoms with Crippen LogP contribution >= 0.6 is 11.6 Å². The number of hydrogen-bond acceptors (Lipinski definition) is 3. The summed E-state index contributed by atoms with van der Waals surface area (Å²) in [5, 5.41) is 4.84. The molecule has 0 spiro atoms. The lowest BCUT2D eigenvalue weighted by molar-refractivity contribution is 0.832. The van der Waals surface area contributed by atoms with Crippen LogP contribution in [0.1, 0.15) is 11.3 Å². The van der Waals surface area contributed by atoms with Gasteiger partial charge in [0, 0.05) is 18.0 Å². The van der Waals surface area contributed by atoms with Crippen molar-refractivity contribution in [3.8, 4) is 5.82 Å². The quantitative estimate of drug-likeness (QED) is 0.804. The maximum Gasteiger partial charge on any atom is 0.155 e. The topological polar surface area (TPSA) is 56.7 Å². The highest BCUT2D eigenvalue weighted by atomic mass is 35.5. The van der Waals surface area contributed by atoms with Gasteiger partial charge in [0.2, 0.25) is 0 Å². The van der Waals surface area contributed by atoms with Crippen LogP contribution in [0, 0.1) is 13.8 Å². The minimum atomic E-state index is 0.621. The number of aromatic nitrogens is 3. The molecule has 0 aromatic carbocycles. The fourth-order valence-electron chi connectivity index (χ4n) is 1.21. The Morgan fingerprint density at radius 1 is 1.40 bits per heavy atom. The molecule has 2 heterocycles. The summed E-state index contributed by atoms with van der Waals surface area (Å²) in [6.07, 6.45) is 3.43. The number of aryl methyl sites for hydroxylation is 2. The average Bonchev–Trinajstić information content (AvgIpc) is 2.52. The first-order valence-electron chi connectivity index (χ1n) is 4.52. The highest BCUT2D eigenvalue weighted by molar-refractivity contribution is 6.31. The number of halogens is 1. The van der Waals surface area contributed by atoms with Crippen molar-refractivity contribution in [1.82, 2.24) is 14.8 Å². The Hall–Kier alpha value is -1.55. The van der Waals surface area contributed by atoms with E-state index in [0.717, 1.165) is 11.3 Å². The number of nitrogen functional groups attached to an aromatic ring is 1. The molecule has 4 nitrogen and oxygen atoms in total. The van der Waals surface area contributed by atoms with Gasteiger partial charge >= 0.3 is 0 Å². The molecule has 0 amide bonds. The Morgan fingerprint density at radius 3 is 2.67 bits per heavy atom. The van der Waals surface area contributed by atoms with Crippen molar-refractivity contribution in [2.45, 2.75) is 13.8 Å². The van der Waals surface area contributed by atoms with Gasteiger partial charge in [-0.2, -0.15) is 5.10 Å². The summed E-state index contributed by atoms with van der Waals surface area (Å²) in [6, 6.07) is 1.78. The second-order valence-electron chi connectivity index (χ2n) is 3.41. The summed E-state index contributed by atoms with van der Waals surface area (Å²) in [5.74, 6) is 0.674. The molecular formula is C10H11ClN4. The van der Waals surface area contributed by atoms with Crippen LogP contribution in [0.4, 0.5) is 5.69 Å². The van der Waals surface area contributed by atoms with Crippen molar-refractivity contribution in [3.63, 3.8) is 0 Å². The number of rotatable bonds is 1. The Labute approximate surface area is 92.7 Å². The summed E-state index contributed by atoms with van der Waals surface area (Å²) in [5.41, 5.74) is 8.22. The van der Waals surface area contributed by atoms with Crippen molar-refractivity contribution < 1.29 is 0 Å². The molecule has 2 N–H and O–H groups in total. The lowest BCUT2D eigenvalue weighted by Gasteiger charge is -2.03. The van der Waals surface area contributed by atoms with Crippen LogP contribution in [-0.2, 0) is 0 Å². The molecule has 0 saturated heterocycles. The molecule has 0 saturated carbocycles. The van der Waals surface area contributed by atoms with Crippen LogP contribution in [0.15, 0.2) is 18.5 Å². The summed E-state index contributed by atoms with van der Waals surface area (Å²) < 4.78 is 1.62. The van der Waals surface area contributed by atoms with E-state index in [9.17, 15) is 0 Å². The van der Waals surface area contributed by atoms with E-state index in [2.05, 4.69) is 10.1 Å². The van der Waals surface area contributed by atoms with Gasteiger partial charge in [-0.25, -0.2) is 9.67 Å². The number of hydrogen-bond donors (Lipinski definition) is 1. The van der Waals surface area contributed by atoms with Crippen molar-refractivity contribution in [3.05, 3.63) is 34.7 Å². The summed E-state index contributed by atoms with van der Waals surface area (Å²) in [7, 11) is 0. The van der Waals surface area contributed by atoms with Crippen LogP contribution in [0.2, 0.25) is 5.02 Å². The molecule has 0 aliphatic carbocycles. The summed E-state index contributed by atoms with van der Waals surface area (Å²) in [4.78, 5) is 4.23. The predicted octanol–water partition coefficient (Wildman–Crippen LogP) is 2.12. The van der Waals surface area contributed by atoms with Gasteiger partial charge in [-0.1, -0.05) is 11.6 Å². The zero-order valence-electron chi connectivity index (χ0n) is 8.53. The van der Waals surface area contributed by atoms with E-state index in [1.807, 2.05) is 13.8 Å². The van der Waals surface area contributed by atoms with E-state index in [4.69, 9.17) is 17.3 Å².